The third-order valence-corrected chi connectivity index (χ3v) is 2.54. The number of carboxylic acid groups (broad SMARTS) is 1. The number of nitrogens with zero attached hydrogens (tertiary/aromatic N) is 1. The molecule has 4 heteroatoms. The van der Waals surface area contributed by atoms with E-state index in [2.05, 4.69) is 9.97 Å². The van der Waals surface area contributed by atoms with Crippen molar-refractivity contribution < 1.29 is 9.90 Å². The van der Waals surface area contributed by atoms with Crippen molar-refractivity contribution in [2.24, 2.45) is 0 Å². The zero-order chi connectivity index (χ0) is 11.5. The lowest BCUT2D eigenvalue weighted by molar-refractivity contribution is 0.0691. The number of carboxylic acids is 1. The van der Waals surface area contributed by atoms with E-state index in [4.69, 9.17) is 5.11 Å². The van der Waals surface area contributed by atoms with Crippen molar-refractivity contribution >= 4 is 5.97 Å². The van der Waals surface area contributed by atoms with Crippen molar-refractivity contribution in [2.75, 3.05) is 0 Å². The van der Waals surface area contributed by atoms with Crippen LogP contribution in [0.1, 0.15) is 34.7 Å². The maximum atomic E-state index is 10.7. The molecule has 1 aromatic carbocycles. The smallest absolute Gasteiger partial charge is 0.353 e. The second-order valence-electron chi connectivity index (χ2n) is 3.62. The maximum absolute atomic E-state index is 10.7. The number of aromatic amines is 1. The Balaban J connectivity index is 2.27. The van der Waals surface area contributed by atoms with Crippen molar-refractivity contribution in [3.05, 3.63) is 53.6 Å². The number of carbonyl (C=O) groups is 1. The van der Waals surface area contributed by atoms with Crippen molar-refractivity contribution in [1.82, 2.24) is 9.97 Å². The van der Waals surface area contributed by atoms with Crippen LogP contribution < -0.4 is 0 Å². The Morgan fingerprint density at radius 2 is 2.06 bits per heavy atom. The standard InChI is InChI=1S/C12H12N2O2/c1-8(9-5-3-2-4-6-9)11-13-7-10(14-11)12(15)16/h2-8H,1H3,(H,13,14)(H,15,16). The summed E-state index contributed by atoms with van der Waals surface area (Å²) in [5.74, 6) is -0.253. The van der Waals surface area contributed by atoms with Crippen LogP contribution in [0, 0.1) is 0 Å². The summed E-state index contributed by atoms with van der Waals surface area (Å²) in [5.41, 5.74) is 1.23. The molecule has 2 N–H and O–H groups in total. The first-order valence-electron chi connectivity index (χ1n) is 5.01. The first kappa shape index (κ1) is 10.4. The van der Waals surface area contributed by atoms with Crippen molar-refractivity contribution in [2.45, 2.75) is 12.8 Å². The second-order valence-corrected chi connectivity index (χ2v) is 3.62. The Hall–Kier alpha value is -2.10. The Bertz CT molecular complexity index is 491. The normalized spacial score (nSPS) is 12.3. The van der Waals surface area contributed by atoms with Gasteiger partial charge in [0.1, 0.15) is 11.5 Å². The molecule has 0 aliphatic heterocycles. The zero-order valence-corrected chi connectivity index (χ0v) is 8.84. The first-order chi connectivity index (χ1) is 7.68. The summed E-state index contributed by atoms with van der Waals surface area (Å²) >= 11 is 0. The number of hydrogen-bond acceptors (Lipinski definition) is 2. The summed E-state index contributed by atoms with van der Waals surface area (Å²) in [6.07, 6.45) is 1.34. The van der Waals surface area contributed by atoms with Crippen LogP contribution in [0.3, 0.4) is 0 Å². The molecule has 1 unspecified atom stereocenters. The van der Waals surface area contributed by atoms with Gasteiger partial charge in [-0.2, -0.15) is 0 Å². The maximum Gasteiger partial charge on any atom is 0.353 e. The highest BCUT2D eigenvalue weighted by Crippen LogP contribution is 2.20. The van der Waals surface area contributed by atoms with Gasteiger partial charge < -0.3 is 10.1 Å². The number of hydrogen-bond donors (Lipinski definition) is 2. The number of rotatable bonds is 3. The topological polar surface area (TPSA) is 66.0 Å². The van der Waals surface area contributed by atoms with E-state index in [1.807, 2.05) is 37.3 Å². The van der Waals surface area contributed by atoms with Crippen LogP contribution in [0.15, 0.2) is 36.5 Å². The van der Waals surface area contributed by atoms with Gasteiger partial charge in [-0.05, 0) is 5.56 Å². The fraction of sp³-hybridized carbons (Fsp3) is 0.167. The second kappa shape index (κ2) is 4.18. The van der Waals surface area contributed by atoms with Crippen LogP contribution in [0.25, 0.3) is 0 Å². The quantitative estimate of drug-likeness (QED) is 0.827. The van der Waals surface area contributed by atoms with Gasteiger partial charge in [0.2, 0.25) is 0 Å². The first-order valence-corrected chi connectivity index (χ1v) is 5.01. The Labute approximate surface area is 93.0 Å². The largest absolute Gasteiger partial charge is 0.477 e. The third kappa shape index (κ3) is 1.95. The van der Waals surface area contributed by atoms with Gasteiger partial charge in [0.05, 0.1) is 6.20 Å². The van der Waals surface area contributed by atoms with Crippen molar-refractivity contribution in [3.8, 4) is 0 Å². The van der Waals surface area contributed by atoms with Crippen LogP contribution in [-0.4, -0.2) is 21.0 Å². The molecule has 0 spiro atoms. The Morgan fingerprint density at radius 1 is 1.38 bits per heavy atom. The highest BCUT2D eigenvalue weighted by Gasteiger charge is 2.14. The van der Waals surface area contributed by atoms with Gasteiger partial charge in [0.15, 0.2) is 0 Å². The predicted octanol–water partition coefficient (Wildman–Crippen LogP) is 2.26. The number of aromatic nitrogens is 2. The Kier molecular flexibility index (Phi) is 2.72. The van der Waals surface area contributed by atoms with E-state index in [9.17, 15) is 4.79 Å². The molecule has 0 amide bonds. The summed E-state index contributed by atoms with van der Waals surface area (Å²) in [5, 5.41) is 8.78. The van der Waals surface area contributed by atoms with E-state index in [1.54, 1.807) is 0 Å². The van der Waals surface area contributed by atoms with E-state index >= 15 is 0 Å². The van der Waals surface area contributed by atoms with Crippen molar-refractivity contribution in [1.29, 1.82) is 0 Å². The molecule has 16 heavy (non-hydrogen) atoms. The van der Waals surface area contributed by atoms with Crippen LogP contribution in [0.5, 0.6) is 0 Å². The molecule has 0 aliphatic rings. The average molecular weight is 216 g/mol. The van der Waals surface area contributed by atoms with E-state index in [-0.39, 0.29) is 11.6 Å². The molecule has 82 valence electrons. The fourth-order valence-electron chi connectivity index (χ4n) is 1.56. The minimum Gasteiger partial charge on any atom is -0.477 e. The molecular weight excluding hydrogens is 204 g/mol. The van der Waals surface area contributed by atoms with E-state index < -0.39 is 5.97 Å². The minimum absolute atomic E-state index is 0.0642. The number of benzene rings is 1. The molecule has 0 saturated heterocycles. The number of imidazole rings is 1. The van der Waals surface area contributed by atoms with Gasteiger partial charge in [-0.25, -0.2) is 9.78 Å². The molecule has 0 saturated carbocycles. The molecule has 0 aliphatic carbocycles. The Morgan fingerprint density at radius 3 is 2.62 bits per heavy atom. The zero-order valence-electron chi connectivity index (χ0n) is 8.84. The fourth-order valence-corrected chi connectivity index (χ4v) is 1.56. The van der Waals surface area contributed by atoms with Crippen molar-refractivity contribution in [3.63, 3.8) is 0 Å². The molecule has 0 radical (unpaired) electrons. The van der Waals surface area contributed by atoms with Gasteiger partial charge in [0, 0.05) is 5.92 Å². The number of H-pyrrole nitrogens is 1. The monoisotopic (exact) mass is 216 g/mol. The van der Waals surface area contributed by atoms with Crippen LogP contribution >= 0.6 is 0 Å². The van der Waals surface area contributed by atoms with Gasteiger partial charge in [-0.1, -0.05) is 37.3 Å². The lowest BCUT2D eigenvalue weighted by atomic mass is 10.0. The van der Waals surface area contributed by atoms with Crippen LogP contribution in [-0.2, 0) is 0 Å². The molecule has 2 rings (SSSR count). The highest BCUT2D eigenvalue weighted by molar-refractivity contribution is 5.85. The molecule has 0 fully saturated rings. The van der Waals surface area contributed by atoms with Crippen LogP contribution in [0.2, 0.25) is 0 Å². The average Bonchev–Trinajstić information content (AvgIpc) is 2.78. The number of aromatic carboxylic acids is 1. The minimum atomic E-state index is -0.987. The molecule has 1 aromatic heterocycles. The molecule has 2 aromatic rings. The van der Waals surface area contributed by atoms with Gasteiger partial charge >= 0.3 is 5.97 Å². The lowest BCUT2D eigenvalue weighted by Gasteiger charge is -2.07. The molecule has 1 atom stereocenters. The molecular formula is C12H12N2O2. The van der Waals surface area contributed by atoms with Gasteiger partial charge in [-0.3, -0.25) is 0 Å². The molecule has 0 bridgehead atoms. The summed E-state index contributed by atoms with van der Waals surface area (Å²) in [7, 11) is 0. The van der Waals surface area contributed by atoms with E-state index in [0.29, 0.717) is 5.82 Å². The lowest BCUT2D eigenvalue weighted by Crippen LogP contribution is -2.00. The molecule has 1 heterocycles. The van der Waals surface area contributed by atoms with E-state index in [0.717, 1.165) is 5.56 Å². The predicted molar refractivity (Wildman–Crippen MR) is 59.5 cm³/mol. The SMILES string of the molecule is CC(c1ccccc1)c1ncc(C(=O)O)[nH]1. The third-order valence-electron chi connectivity index (χ3n) is 2.54. The highest BCUT2D eigenvalue weighted by atomic mass is 16.4. The summed E-state index contributed by atoms with van der Waals surface area (Å²) in [6, 6.07) is 9.84. The summed E-state index contributed by atoms with van der Waals surface area (Å²) in [6.45, 7) is 1.99. The summed E-state index contributed by atoms with van der Waals surface area (Å²) in [4.78, 5) is 17.6. The van der Waals surface area contributed by atoms with Gasteiger partial charge in [-0.15, -0.1) is 0 Å². The molecule has 4 nitrogen and oxygen atoms in total. The van der Waals surface area contributed by atoms with Gasteiger partial charge in [0.25, 0.3) is 0 Å². The van der Waals surface area contributed by atoms with E-state index in [1.165, 1.54) is 6.20 Å². The summed E-state index contributed by atoms with van der Waals surface area (Å²) < 4.78 is 0. The van der Waals surface area contributed by atoms with Crippen LogP contribution in [0.4, 0.5) is 0 Å². The number of nitrogens with one attached hydrogen (secondary N) is 1.